The van der Waals surface area contributed by atoms with Gasteiger partial charge in [-0.15, -0.1) is 0 Å². The highest BCUT2D eigenvalue weighted by molar-refractivity contribution is 14.1. The Morgan fingerprint density at radius 3 is 1.05 bits per heavy atom. The van der Waals surface area contributed by atoms with Crippen molar-refractivity contribution in [2.24, 2.45) is 0 Å². The Bertz CT molecular complexity index is 2810. The normalized spacial score (nSPS) is 14.9. The zero-order chi connectivity index (χ0) is 43.9. The molecule has 1 aliphatic heterocycles. The fourth-order valence-corrected chi connectivity index (χ4v) is 13.5. The van der Waals surface area contributed by atoms with Crippen molar-refractivity contribution in [3.05, 3.63) is 161 Å². The first-order valence-electron chi connectivity index (χ1n) is 23.0. The van der Waals surface area contributed by atoms with Gasteiger partial charge in [-0.3, -0.25) is 0 Å². The fourth-order valence-electron chi connectivity index (χ4n) is 10.8. The van der Waals surface area contributed by atoms with Crippen molar-refractivity contribution in [2.75, 3.05) is 0 Å². The van der Waals surface area contributed by atoms with Crippen LogP contribution in [0.15, 0.2) is 119 Å². The molecule has 0 aromatic heterocycles. The highest BCUT2D eigenvalue weighted by Crippen LogP contribution is 2.56. The number of unbranched alkanes of at least 4 members (excludes halogenated alkanes) is 4. The lowest BCUT2D eigenvalue weighted by molar-refractivity contribution is 0.414. The number of benzene rings is 6. The predicted molar refractivity (Wildman–Crippen MR) is 278 cm³/mol. The molecule has 6 aromatic carbocycles. The van der Waals surface area contributed by atoms with Crippen LogP contribution in [0.3, 0.4) is 0 Å². The van der Waals surface area contributed by atoms with Crippen LogP contribution in [0, 0.1) is 30.8 Å². The maximum absolute atomic E-state index is 13.9. The van der Waals surface area contributed by atoms with Crippen molar-refractivity contribution in [3.63, 3.8) is 0 Å². The van der Waals surface area contributed by atoms with E-state index in [0.29, 0.717) is 20.9 Å². The van der Waals surface area contributed by atoms with Gasteiger partial charge in [0.2, 0.25) is 9.84 Å². The third kappa shape index (κ3) is 7.83. The molecule has 0 saturated carbocycles. The van der Waals surface area contributed by atoms with Gasteiger partial charge in [-0.05, 0) is 200 Å². The average Bonchev–Trinajstić information content (AvgIpc) is 3.80. The molecule has 0 atom stereocenters. The van der Waals surface area contributed by atoms with Gasteiger partial charge in [0.15, 0.2) is 0 Å². The zero-order valence-electron chi connectivity index (χ0n) is 36.9. The first-order valence-corrected chi connectivity index (χ1v) is 26.7. The summed E-state index contributed by atoms with van der Waals surface area (Å²) >= 11 is 4.92. The van der Waals surface area contributed by atoms with E-state index >= 15 is 0 Å². The quantitative estimate of drug-likeness (QED) is 0.0903. The summed E-state index contributed by atoms with van der Waals surface area (Å²) in [5.41, 5.74) is 16.1. The highest BCUT2D eigenvalue weighted by atomic mass is 127. The van der Waals surface area contributed by atoms with Gasteiger partial charge in [0.1, 0.15) is 0 Å². The molecule has 6 aromatic rings. The molecule has 9 rings (SSSR count). The second-order valence-electron chi connectivity index (χ2n) is 17.9. The Balaban J connectivity index is 1.05. The molecule has 2 aliphatic carbocycles. The molecular formula is C58H54I2O2S. The summed E-state index contributed by atoms with van der Waals surface area (Å²) in [6.07, 6.45) is 13.9. The zero-order valence-corrected chi connectivity index (χ0v) is 42.0. The van der Waals surface area contributed by atoms with Crippen LogP contribution in [0.5, 0.6) is 0 Å². The van der Waals surface area contributed by atoms with E-state index in [1.807, 2.05) is 24.3 Å². The van der Waals surface area contributed by atoms with Crippen LogP contribution in [-0.2, 0) is 20.7 Å². The standard InChI is InChI=1S/C58H54I2O2S/c1-5-9-29-57(30-10-6-2)51-35-41(17-23-45(51)47-25-21-43(59)37-53(47)57)15-13-39-19-27-55-49(33-39)50-34-40(20-28-56(50)63(55,61)62)14-16-42-18-24-46-48-26-22-44(60)38-54(48)58(31-11-7-3,32-12-8-4)52(46)36-42/h17-28,33-38H,5-12,29-32H2,1-4H3. The fraction of sp³-hybridized carbons (Fsp3) is 0.310. The molecule has 0 spiro atoms. The molecule has 3 aliphatic rings. The van der Waals surface area contributed by atoms with Gasteiger partial charge in [-0.1, -0.05) is 127 Å². The number of sulfone groups is 1. The Morgan fingerprint density at radius 1 is 0.397 bits per heavy atom. The van der Waals surface area contributed by atoms with Crippen molar-refractivity contribution in [1.82, 2.24) is 0 Å². The van der Waals surface area contributed by atoms with E-state index in [-0.39, 0.29) is 10.8 Å². The summed E-state index contributed by atoms with van der Waals surface area (Å²) in [5.74, 6) is 13.9. The molecular weight excluding hydrogens is 1010 g/mol. The van der Waals surface area contributed by atoms with Crippen LogP contribution in [0.2, 0.25) is 0 Å². The van der Waals surface area contributed by atoms with E-state index in [9.17, 15) is 8.42 Å². The van der Waals surface area contributed by atoms with Crippen LogP contribution in [0.4, 0.5) is 0 Å². The molecule has 5 heteroatoms. The minimum absolute atomic E-state index is 0.0129. The third-order valence-corrected chi connectivity index (χ3v) is 17.2. The number of rotatable bonds is 12. The number of fused-ring (bicyclic) bond motifs is 9. The molecule has 63 heavy (non-hydrogen) atoms. The van der Waals surface area contributed by atoms with Gasteiger partial charge in [-0.25, -0.2) is 8.42 Å². The number of hydrogen-bond donors (Lipinski definition) is 0. The van der Waals surface area contributed by atoms with Gasteiger partial charge in [0.05, 0.1) is 9.79 Å². The van der Waals surface area contributed by atoms with Crippen molar-refractivity contribution < 1.29 is 8.42 Å². The van der Waals surface area contributed by atoms with E-state index in [4.69, 9.17) is 0 Å². The molecule has 0 saturated heterocycles. The van der Waals surface area contributed by atoms with Crippen molar-refractivity contribution in [2.45, 2.75) is 125 Å². The topological polar surface area (TPSA) is 34.1 Å². The molecule has 318 valence electrons. The second-order valence-corrected chi connectivity index (χ2v) is 22.3. The lowest BCUT2D eigenvalue weighted by Gasteiger charge is -2.33. The summed E-state index contributed by atoms with van der Waals surface area (Å²) in [5, 5.41) is 0. The minimum Gasteiger partial charge on any atom is -0.218 e. The first kappa shape index (κ1) is 44.1. The van der Waals surface area contributed by atoms with Gasteiger partial charge in [0, 0.05) is 51.4 Å². The smallest absolute Gasteiger partial charge is 0.207 e. The van der Waals surface area contributed by atoms with Gasteiger partial charge in [-0.2, -0.15) is 0 Å². The first-order chi connectivity index (χ1) is 30.6. The highest BCUT2D eigenvalue weighted by Gasteiger charge is 2.44. The maximum atomic E-state index is 13.9. The Hall–Kier alpha value is -4.15. The SMILES string of the molecule is CCCCC1(CCCC)c2cc(I)ccc2-c2ccc(C#Cc3ccc4c(c3)-c3cc(C#Cc5ccc6c(c5)C(CCCC)(CCCC)c5cc(I)ccc5-6)ccc3S4(=O)=O)cc21. The van der Waals surface area contributed by atoms with Gasteiger partial charge >= 0.3 is 0 Å². The maximum Gasteiger partial charge on any atom is 0.207 e. The van der Waals surface area contributed by atoms with Gasteiger partial charge in [0.25, 0.3) is 0 Å². The molecule has 0 bridgehead atoms. The molecule has 2 nitrogen and oxygen atoms in total. The average molecular weight is 1070 g/mol. The van der Waals surface area contributed by atoms with E-state index in [1.165, 1.54) is 77.3 Å². The summed E-state index contributed by atoms with van der Waals surface area (Å²) in [7, 11) is -3.66. The summed E-state index contributed by atoms with van der Waals surface area (Å²) < 4.78 is 30.3. The lowest BCUT2D eigenvalue weighted by atomic mass is 9.70. The lowest BCUT2D eigenvalue weighted by Crippen LogP contribution is -2.25. The molecule has 1 heterocycles. The van der Waals surface area contributed by atoms with Crippen LogP contribution < -0.4 is 0 Å². The third-order valence-electron chi connectivity index (χ3n) is 14.0. The second kappa shape index (κ2) is 18.0. The predicted octanol–water partition coefficient (Wildman–Crippen LogP) is 15.8. The molecule has 0 unspecified atom stereocenters. The summed E-state index contributed by atoms with van der Waals surface area (Å²) in [4.78, 5) is 0.663. The van der Waals surface area contributed by atoms with E-state index in [2.05, 4.69) is 169 Å². The van der Waals surface area contributed by atoms with Crippen LogP contribution in [0.25, 0.3) is 33.4 Å². The Morgan fingerprint density at radius 2 is 0.698 bits per heavy atom. The summed E-state index contributed by atoms with van der Waals surface area (Å²) in [6.45, 7) is 9.15. The molecule has 0 amide bonds. The van der Waals surface area contributed by atoms with E-state index in [1.54, 1.807) is 12.1 Å². The van der Waals surface area contributed by atoms with Crippen LogP contribution in [-0.4, -0.2) is 8.42 Å². The largest absolute Gasteiger partial charge is 0.218 e. The Kier molecular flexibility index (Phi) is 12.6. The van der Waals surface area contributed by atoms with E-state index < -0.39 is 9.84 Å². The van der Waals surface area contributed by atoms with Crippen LogP contribution >= 0.6 is 45.2 Å². The van der Waals surface area contributed by atoms with Crippen molar-refractivity contribution in [1.29, 1.82) is 0 Å². The van der Waals surface area contributed by atoms with Gasteiger partial charge < -0.3 is 0 Å². The molecule has 0 radical (unpaired) electrons. The van der Waals surface area contributed by atoms with Crippen molar-refractivity contribution >= 4 is 55.0 Å². The van der Waals surface area contributed by atoms with Crippen LogP contribution in [0.1, 0.15) is 149 Å². The summed E-state index contributed by atoms with van der Waals surface area (Å²) in [6, 6.07) is 38.5. The number of hydrogen-bond acceptors (Lipinski definition) is 2. The number of halogens is 2. The Labute approximate surface area is 403 Å². The van der Waals surface area contributed by atoms with Crippen molar-refractivity contribution in [3.8, 4) is 57.1 Å². The monoisotopic (exact) mass is 1070 g/mol. The minimum atomic E-state index is -3.66. The van der Waals surface area contributed by atoms with E-state index in [0.717, 1.165) is 73.6 Å². The molecule has 0 fully saturated rings. The molecule has 0 N–H and O–H groups in total.